The zero-order chi connectivity index (χ0) is 17.6. The van der Waals surface area contributed by atoms with Crippen molar-refractivity contribution in [3.63, 3.8) is 0 Å². The molecule has 5 heteroatoms. The summed E-state index contributed by atoms with van der Waals surface area (Å²) in [7, 11) is 0. The van der Waals surface area contributed by atoms with Gasteiger partial charge in [0.1, 0.15) is 5.82 Å². The van der Waals surface area contributed by atoms with Gasteiger partial charge in [0.25, 0.3) is 5.91 Å². The highest BCUT2D eigenvalue weighted by Crippen LogP contribution is 2.18. The summed E-state index contributed by atoms with van der Waals surface area (Å²) in [6.07, 6.45) is 4.83. The lowest BCUT2D eigenvalue weighted by Gasteiger charge is -2.30. The molecule has 4 nitrogen and oxygen atoms in total. The van der Waals surface area contributed by atoms with Crippen molar-refractivity contribution in [1.82, 2.24) is 9.88 Å². The molecule has 25 heavy (non-hydrogen) atoms. The Morgan fingerprint density at radius 2 is 2.24 bits per heavy atom. The third-order valence-electron chi connectivity index (χ3n) is 4.56. The lowest BCUT2D eigenvalue weighted by Crippen LogP contribution is -2.39. The molecule has 1 N–H and O–H groups in total. The molecule has 0 radical (unpaired) electrons. The van der Waals surface area contributed by atoms with E-state index in [1.807, 2.05) is 35.2 Å². The van der Waals surface area contributed by atoms with Crippen molar-refractivity contribution in [2.75, 3.05) is 25.0 Å². The molecule has 1 fully saturated rings. The summed E-state index contributed by atoms with van der Waals surface area (Å²) in [6.45, 7) is 4.66. The Morgan fingerprint density at radius 3 is 2.96 bits per heavy atom. The minimum Gasteiger partial charge on any atom is -0.370 e. The molecule has 1 unspecified atom stereocenters. The molecule has 0 aliphatic carbocycles. The summed E-state index contributed by atoms with van der Waals surface area (Å²) in [4.78, 5) is 18.9. The Kier molecular flexibility index (Phi) is 5.92. The van der Waals surface area contributed by atoms with Crippen LogP contribution in [0.25, 0.3) is 0 Å². The van der Waals surface area contributed by atoms with Crippen LogP contribution in [0.2, 0.25) is 5.02 Å². The molecular weight excluding hydrogens is 334 g/mol. The summed E-state index contributed by atoms with van der Waals surface area (Å²) < 4.78 is 0. The maximum absolute atomic E-state index is 12.5. The Bertz CT molecular complexity index is 717. The number of pyridine rings is 1. The first-order valence-corrected chi connectivity index (χ1v) is 9.23. The number of anilines is 1. The van der Waals surface area contributed by atoms with Gasteiger partial charge in [0, 0.05) is 30.9 Å². The molecule has 1 aromatic carbocycles. The molecule has 3 rings (SSSR count). The number of carbonyl (C=O) groups excluding carboxylic acids is 1. The smallest absolute Gasteiger partial charge is 0.255 e. The number of rotatable bonds is 5. The fourth-order valence-electron chi connectivity index (χ4n) is 3.21. The van der Waals surface area contributed by atoms with E-state index < -0.39 is 0 Å². The van der Waals surface area contributed by atoms with Gasteiger partial charge < -0.3 is 10.2 Å². The number of nitrogens with zero attached hydrogens (tertiary/aromatic N) is 2. The summed E-state index contributed by atoms with van der Waals surface area (Å²) in [5, 5.41) is 4.04. The van der Waals surface area contributed by atoms with Crippen LogP contribution in [0.15, 0.2) is 42.6 Å². The van der Waals surface area contributed by atoms with Crippen LogP contribution in [-0.2, 0) is 6.42 Å². The van der Waals surface area contributed by atoms with Gasteiger partial charge >= 0.3 is 0 Å². The number of amides is 1. The Hall–Kier alpha value is -2.07. The minimum atomic E-state index is 0.0875. The van der Waals surface area contributed by atoms with Gasteiger partial charge in [0.05, 0.1) is 5.56 Å². The Morgan fingerprint density at radius 1 is 1.36 bits per heavy atom. The molecule has 1 amide bonds. The van der Waals surface area contributed by atoms with Crippen LogP contribution in [-0.4, -0.2) is 35.4 Å². The van der Waals surface area contributed by atoms with Gasteiger partial charge in [0.15, 0.2) is 0 Å². The third-order valence-corrected chi connectivity index (χ3v) is 4.80. The maximum atomic E-state index is 12.5. The molecule has 1 atom stereocenters. The average Bonchev–Trinajstić information content (AvgIpc) is 2.62. The first kappa shape index (κ1) is 17.7. The van der Waals surface area contributed by atoms with Gasteiger partial charge in [-0.2, -0.15) is 0 Å². The minimum absolute atomic E-state index is 0.0875. The standard InChI is InChI=1S/C20H24ClN3O/c1-15-4-3-11-24(14-15)20(25)17-7-8-19(23-13-17)22-10-9-16-5-2-6-18(21)12-16/h2,5-8,12-13,15H,3-4,9-11,14H2,1H3,(H,22,23). The normalized spacial score (nSPS) is 17.4. The van der Waals surface area contributed by atoms with E-state index in [9.17, 15) is 4.79 Å². The molecule has 0 bridgehead atoms. The maximum Gasteiger partial charge on any atom is 0.255 e. The Labute approximate surface area is 154 Å². The number of hydrogen-bond acceptors (Lipinski definition) is 3. The SMILES string of the molecule is CC1CCCN(C(=O)c2ccc(NCCc3cccc(Cl)c3)nc2)C1. The van der Waals surface area contributed by atoms with Crippen molar-refractivity contribution in [3.05, 3.63) is 58.7 Å². The fourth-order valence-corrected chi connectivity index (χ4v) is 3.42. The van der Waals surface area contributed by atoms with Crippen LogP contribution in [0.5, 0.6) is 0 Å². The average molecular weight is 358 g/mol. The van der Waals surface area contributed by atoms with E-state index in [-0.39, 0.29) is 5.91 Å². The summed E-state index contributed by atoms with van der Waals surface area (Å²) >= 11 is 5.99. The quantitative estimate of drug-likeness (QED) is 0.869. The van der Waals surface area contributed by atoms with Crippen molar-refractivity contribution in [2.45, 2.75) is 26.2 Å². The highest BCUT2D eigenvalue weighted by Gasteiger charge is 2.22. The number of piperidine rings is 1. The van der Waals surface area contributed by atoms with E-state index in [2.05, 4.69) is 23.3 Å². The molecule has 1 aliphatic rings. The summed E-state index contributed by atoms with van der Waals surface area (Å²) in [6, 6.07) is 11.6. The van der Waals surface area contributed by atoms with Gasteiger partial charge in [-0.15, -0.1) is 0 Å². The number of benzene rings is 1. The van der Waals surface area contributed by atoms with Crippen LogP contribution in [0.3, 0.4) is 0 Å². The van der Waals surface area contributed by atoms with E-state index in [0.717, 1.165) is 43.3 Å². The van der Waals surface area contributed by atoms with Gasteiger partial charge in [-0.1, -0.05) is 30.7 Å². The zero-order valence-electron chi connectivity index (χ0n) is 14.5. The topological polar surface area (TPSA) is 45.2 Å². The number of nitrogens with one attached hydrogen (secondary N) is 1. The molecule has 132 valence electrons. The number of likely N-dealkylation sites (tertiary alicyclic amines) is 1. The van der Waals surface area contributed by atoms with Crippen LogP contribution in [0, 0.1) is 5.92 Å². The fraction of sp³-hybridized carbons (Fsp3) is 0.400. The molecule has 2 aromatic rings. The van der Waals surface area contributed by atoms with Crippen LogP contribution in [0.1, 0.15) is 35.7 Å². The Balaban J connectivity index is 1.52. The van der Waals surface area contributed by atoms with Crippen LogP contribution < -0.4 is 5.32 Å². The molecule has 0 spiro atoms. The van der Waals surface area contributed by atoms with Gasteiger partial charge in [-0.05, 0) is 55.0 Å². The zero-order valence-corrected chi connectivity index (χ0v) is 15.3. The first-order chi connectivity index (χ1) is 12.1. The molecule has 1 aliphatic heterocycles. The second kappa shape index (κ2) is 8.34. The van der Waals surface area contributed by atoms with Crippen molar-refractivity contribution in [3.8, 4) is 0 Å². The van der Waals surface area contributed by atoms with Gasteiger partial charge in [0.2, 0.25) is 0 Å². The highest BCUT2D eigenvalue weighted by atomic mass is 35.5. The van der Waals surface area contributed by atoms with Crippen molar-refractivity contribution >= 4 is 23.3 Å². The molecule has 1 aromatic heterocycles. The van der Waals surface area contributed by atoms with Crippen LogP contribution in [0.4, 0.5) is 5.82 Å². The van der Waals surface area contributed by atoms with Crippen LogP contribution >= 0.6 is 11.6 Å². The summed E-state index contributed by atoms with van der Waals surface area (Å²) in [5.74, 6) is 1.45. The summed E-state index contributed by atoms with van der Waals surface area (Å²) in [5.41, 5.74) is 1.85. The van der Waals surface area contributed by atoms with E-state index in [4.69, 9.17) is 11.6 Å². The van der Waals surface area contributed by atoms with Crippen molar-refractivity contribution < 1.29 is 4.79 Å². The lowest BCUT2D eigenvalue weighted by molar-refractivity contribution is 0.0682. The number of hydrogen-bond donors (Lipinski definition) is 1. The highest BCUT2D eigenvalue weighted by molar-refractivity contribution is 6.30. The van der Waals surface area contributed by atoms with E-state index in [1.165, 1.54) is 12.0 Å². The largest absolute Gasteiger partial charge is 0.370 e. The number of halogens is 1. The van der Waals surface area contributed by atoms with Gasteiger partial charge in [-0.3, -0.25) is 4.79 Å². The first-order valence-electron chi connectivity index (χ1n) is 8.85. The second-order valence-corrected chi connectivity index (χ2v) is 7.17. The lowest BCUT2D eigenvalue weighted by atomic mass is 10.00. The van der Waals surface area contributed by atoms with Crippen molar-refractivity contribution in [1.29, 1.82) is 0 Å². The second-order valence-electron chi connectivity index (χ2n) is 6.74. The predicted octanol–water partition coefficient (Wildman–Crippen LogP) is 4.26. The predicted molar refractivity (Wildman–Crippen MR) is 102 cm³/mol. The van der Waals surface area contributed by atoms with E-state index in [1.54, 1.807) is 6.20 Å². The number of aromatic nitrogens is 1. The van der Waals surface area contributed by atoms with Crippen molar-refractivity contribution in [2.24, 2.45) is 5.92 Å². The van der Waals surface area contributed by atoms with Gasteiger partial charge in [-0.25, -0.2) is 4.98 Å². The molecule has 2 heterocycles. The third kappa shape index (κ3) is 4.95. The molecule has 1 saturated heterocycles. The molecular formula is C20H24ClN3O. The molecule has 0 saturated carbocycles. The van der Waals surface area contributed by atoms with E-state index >= 15 is 0 Å². The van der Waals surface area contributed by atoms with E-state index in [0.29, 0.717) is 11.5 Å². The monoisotopic (exact) mass is 357 g/mol. The number of carbonyl (C=O) groups is 1.